The number of benzene rings is 2. The Bertz CT molecular complexity index is 963. The molecule has 0 amide bonds. The van der Waals surface area contributed by atoms with E-state index < -0.39 is 10.9 Å². The Morgan fingerprint density at radius 2 is 1.54 bits per heavy atom. The fourth-order valence-corrected chi connectivity index (χ4v) is 2.46. The van der Waals surface area contributed by atoms with Crippen LogP contribution in [-0.4, -0.2) is 0 Å². The van der Waals surface area contributed by atoms with Gasteiger partial charge in [0.2, 0.25) is 0 Å². The summed E-state index contributed by atoms with van der Waals surface area (Å²) < 4.78 is 0. The summed E-state index contributed by atoms with van der Waals surface area (Å²) in [5.41, 5.74) is 1.69. The molecule has 0 bridgehead atoms. The van der Waals surface area contributed by atoms with Gasteiger partial charge in [-0.2, -0.15) is 5.26 Å². The van der Waals surface area contributed by atoms with Crippen molar-refractivity contribution in [1.29, 1.82) is 5.26 Å². The second-order valence-electron chi connectivity index (χ2n) is 5.50. The van der Waals surface area contributed by atoms with Gasteiger partial charge in [-0.1, -0.05) is 30.3 Å². The Kier molecular flexibility index (Phi) is 4.13. The van der Waals surface area contributed by atoms with Crippen molar-refractivity contribution in [3.63, 3.8) is 0 Å². The SMILES string of the molecule is C[C@@H](Nc1c(Nc2ccc(C#N)cc2)c(=O)c1=O)c1ccccc1. The zero-order chi connectivity index (χ0) is 17.1. The maximum atomic E-state index is 11.9. The van der Waals surface area contributed by atoms with Gasteiger partial charge >= 0.3 is 0 Å². The predicted octanol–water partition coefficient (Wildman–Crippen LogP) is 3.07. The van der Waals surface area contributed by atoms with Crippen molar-refractivity contribution < 1.29 is 0 Å². The highest BCUT2D eigenvalue weighted by atomic mass is 16.2. The van der Waals surface area contributed by atoms with E-state index in [-0.39, 0.29) is 11.7 Å². The van der Waals surface area contributed by atoms with Crippen LogP contribution < -0.4 is 21.5 Å². The third kappa shape index (κ3) is 2.90. The Hall–Kier alpha value is -3.39. The highest BCUT2D eigenvalue weighted by Crippen LogP contribution is 2.25. The zero-order valence-corrected chi connectivity index (χ0v) is 13.0. The van der Waals surface area contributed by atoms with Crippen LogP contribution in [0.25, 0.3) is 0 Å². The minimum Gasteiger partial charge on any atom is -0.373 e. The van der Waals surface area contributed by atoms with E-state index in [0.717, 1.165) is 5.56 Å². The van der Waals surface area contributed by atoms with Crippen molar-refractivity contribution in [3.05, 3.63) is 86.2 Å². The van der Waals surface area contributed by atoms with Crippen LogP contribution in [0.5, 0.6) is 0 Å². The van der Waals surface area contributed by atoms with Crippen LogP contribution in [0, 0.1) is 11.3 Å². The summed E-state index contributed by atoms with van der Waals surface area (Å²) in [6, 6.07) is 18.3. The minimum absolute atomic E-state index is 0.101. The second-order valence-corrected chi connectivity index (χ2v) is 5.50. The number of nitriles is 1. The third-order valence-electron chi connectivity index (χ3n) is 3.85. The van der Waals surface area contributed by atoms with Crippen molar-refractivity contribution in [1.82, 2.24) is 0 Å². The largest absolute Gasteiger partial charge is 0.373 e. The van der Waals surface area contributed by atoms with Gasteiger partial charge in [0.05, 0.1) is 11.6 Å². The van der Waals surface area contributed by atoms with Crippen LogP contribution in [-0.2, 0) is 0 Å². The summed E-state index contributed by atoms with van der Waals surface area (Å²) in [6.07, 6.45) is 0. The number of nitrogens with zero attached hydrogens (tertiary/aromatic N) is 1. The molecular weight excluding hydrogens is 302 g/mol. The fraction of sp³-hybridized carbons (Fsp3) is 0.105. The van der Waals surface area contributed by atoms with Crippen molar-refractivity contribution in [2.24, 2.45) is 0 Å². The quantitative estimate of drug-likeness (QED) is 0.707. The number of hydrogen-bond donors (Lipinski definition) is 2. The van der Waals surface area contributed by atoms with Crippen molar-refractivity contribution >= 4 is 17.1 Å². The van der Waals surface area contributed by atoms with E-state index in [2.05, 4.69) is 10.6 Å². The lowest BCUT2D eigenvalue weighted by Gasteiger charge is -2.20. The van der Waals surface area contributed by atoms with Gasteiger partial charge in [-0.25, -0.2) is 0 Å². The van der Waals surface area contributed by atoms with Crippen LogP contribution in [0.15, 0.2) is 64.2 Å². The van der Waals surface area contributed by atoms with E-state index in [1.165, 1.54) is 0 Å². The maximum Gasteiger partial charge on any atom is 0.253 e. The summed E-state index contributed by atoms with van der Waals surface area (Å²) in [6.45, 7) is 1.93. The van der Waals surface area contributed by atoms with Crippen LogP contribution in [0.2, 0.25) is 0 Å². The molecule has 3 aromatic carbocycles. The van der Waals surface area contributed by atoms with Crippen molar-refractivity contribution in [2.75, 3.05) is 10.6 Å². The van der Waals surface area contributed by atoms with Gasteiger partial charge in [0, 0.05) is 11.7 Å². The average molecular weight is 317 g/mol. The molecule has 0 heterocycles. The molecule has 0 aliphatic rings. The summed E-state index contributed by atoms with van der Waals surface area (Å²) in [5.74, 6) is 0. The summed E-state index contributed by atoms with van der Waals surface area (Å²) in [7, 11) is 0. The van der Waals surface area contributed by atoms with E-state index in [9.17, 15) is 9.59 Å². The molecule has 3 aromatic rings. The molecule has 0 unspecified atom stereocenters. The van der Waals surface area contributed by atoms with Gasteiger partial charge in [0.25, 0.3) is 10.9 Å². The first kappa shape index (κ1) is 15.5. The van der Waals surface area contributed by atoms with E-state index >= 15 is 0 Å². The smallest absolute Gasteiger partial charge is 0.253 e. The lowest BCUT2D eigenvalue weighted by Crippen LogP contribution is -2.37. The second kappa shape index (κ2) is 6.39. The molecule has 24 heavy (non-hydrogen) atoms. The number of rotatable bonds is 5. The zero-order valence-electron chi connectivity index (χ0n) is 13.0. The third-order valence-corrected chi connectivity index (χ3v) is 3.85. The minimum atomic E-state index is -0.540. The van der Waals surface area contributed by atoms with Crippen LogP contribution in [0.4, 0.5) is 17.1 Å². The van der Waals surface area contributed by atoms with Gasteiger partial charge in [0.1, 0.15) is 11.4 Å². The Morgan fingerprint density at radius 3 is 2.17 bits per heavy atom. The molecule has 0 aliphatic carbocycles. The monoisotopic (exact) mass is 317 g/mol. The van der Waals surface area contributed by atoms with Gasteiger partial charge in [-0.05, 0) is 36.8 Å². The number of anilines is 3. The predicted molar refractivity (Wildman–Crippen MR) is 94.3 cm³/mol. The Balaban J connectivity index is 1.81. The molecule has 5 nitrogen and oxygen atoms in total. The molecule has 0 fully saturated rings. The first-order chi connectivity index (χ1) is 11.6. The first-order valence-electron chi connectivity index (χ1n) is 7.52. The molecule has 1 atom stereocenters. The molecule has 2 N–H and O–H groups in total. The summed E-state index contributed by atoms with van der Waals surface area (Å²) in [4.78, 5) is 23.7. The van der Waals surface area contributed by atoms with Gasteiger partial charge < -0.3 is 10.6 Å². The lowest BCUT2D eigenvalue weighted by molar-refractivity contribution is 0.880. The summed E-state index contributed by atoms with van der Waals surface area (Å²) >= 11 is 0. The molecule has 118 valence electrons. The van der Waals surface area contributed by atoms with Gasteiger partial charge in [0.15, 0.2) is 0 Å². The van der Waals surface area contributed by atoms with Crippen LogP contribution in [0.3, 0.4) is 0 Å². The maximum absolute atomic E-state index is 11.9. The summed E-state index contributed by atoms with van der Waals surface area (Å²) in [5, 5.41) is 14.9. The van der Waals surface area contributed by atoms with E-state index in [1.54, 1.807) is 24.3 Å². The van der Waals surface area contributed by atoms with Gasteiger partial charge in [-0.3, -0.25) is 9.59 Å². The molecule has 0 radical (unpaired) electrons. The molecule has 3 rings (SSSR count). The highest BCUT2D eigenvalue weighted by Gasteiger charge is 2.22. The normalized spacial score (nSPS) is 11.7. The molecule has 0 spiro atoms. The first-order valence-corrected chi connectivity index (χ1v) is 7.52. The number of hydrogen-bond acceptors (Lipinski definition) is 5. The van der Waals surface area contributed by atoms with Gasteiger partial charge in [-0.15, -0.1) is 0 Å². The van der Waals surface area contributed by atoms with E-state index in [1.807, 2.05) is 43.3 Å². The topological polar surface area (TPSA) is 82.0 Å². The van der Waals surface area contributed by atoms with E-state index in [4.69, 9.17) is 5.26 Å². The Labute approximate surface area is 138 Å². The van der Waals surface area contributed by atoms with Crippen molar-refractivity contribution in [2.45, 2.75) is 13.0 Å². The molecule has 0 aliphatic heterocycles. The average Bonchev–Trinajstić information content (AvgIpc) is 2.65. The molecule has 0 saturated heterocycles. The number of nitrogens with one attached hydrogen (secondary N) is 2. The molecular formula is C19H15N3O2. The highest BCUT2D eigenvalue weighted by molar-refractivity contribution is 5.79. The Morgan fingerprint density at radius 1 is 0.917 bits per heavy atom. The molecule has 5 heteroatoms. The van der Waals surface area contributed by atoms with Crippen LogP contribution >= 0.6 is 0 Å². The standard InChI is InChI=1S/C19H15N3O2/c1-12(14-5-3-2-4-6-14)21-16-17(19(24)18(16)23)22-15-9-7-13(11-20)8-10-15/h2-10,12,21-22H,1H3/t12-/m1/s1. The molecule has 0 aromatic heterocycles. The van der Waals surface area contributed by atoms with E-state index in [0.29, 0.717) is 16.9 Å². The van der Waals surface area contributed by atoms with Crippen LogP contribution in [0.1, 0.15) is 24.1 Å². The molecule has 0 saturated carbocycles. The van der Waals surface area contributed by atoms with Crippen molar-refractivity contribution in [3.8, 4) is 6.07 Å². The fourth-order valence-electron chi connectivity index (χ4n) is 2.46. The lowest BCUT2D eigenvalue weighted by atomic mass is 10.1.